The topological polar surface area (TPSA) is 58.6 Å². The fourth-order valence-electron chi connectivity index (χ4n) is 4.43. The molecule has 6 heteroatoms. The van der Waals surface area contributed by atoms with Gasteiger partial charge in [0.05, 0.1) is 18.8 Å². The number of ether oxygens (including phenoxy) is 1. The molecule has 0 saturated carbocycles. The molecule has 1 amide bonds. The summed E-state index contributed by atoms with van der Waals surface area (Å²) < 4.78 is 5.62. The molecule has 0 N–H and O–H groups in total. The summed E-state index contributed by atoms with van der Waals surface area (Å²) in [4.78, 5) is 25.7. The van der Waals surface area contributed by atoms with Crippen molar-refractivity contribution in [1.82, 2.24) is 19.8 Å². The minimum atomic E-state index is 0.116. The number of carbonyl (C=O) groups is 1. The number of carbonyl (C=O) groups excluding carboxylic acids is 1. The van der Waals surface area contributed by atoms with E-state index >= 15 is 0 Å². The largest absolute Gasteiger partial charge is 0.496 e. The molecular weight excluding hydrogens is 364 g/mol. The maximum Gasteiger partial charge on any atom is 0.219 e. The minimum absolute atomic E-state index is 0.116. The Balaban J connectivity index is 1.56. The van der Waals surface area contributed by atoms with Crippen LogP contribution in [0.1, 0.15) is 60.4 Å². The molecule has 2 aromatic rings. The quantitative estimate of drug-likeness (QED) is 0.795. The Bertz CT molecular complexity index is 898. The van der Waals surface area contributed by atoms with Gasteiger partial charge in [-0.05, 0) is 37.9 Å². The summed E-state index contributed by atoms with van der Waals surface area (Å²) in [5, 5.41) is 0. The van der Waals surface area contributed by atoms with Crippen LogP contribution in [0, 0.1) is 6.92 Å². The zero-order valence-electron chi connectivity index (χ0n) is 17.6. The van der Waals surface area contributed by atoms with Crippen LogP contribution >= 0.6 is 0 Å². The second-order valence-electron chi connectivity index (χ2n) is 8.19. The maximum absolute atomic E-state index is 11.7. The molecule has 4 rings (SSSR count). The number of likely N-dealkylation sites (tertiary alicyclic amines) is 1. The SMILES string of the molecule is COc1cc(C)ccc1CN1CCCC[C@@H]1c1ncc2c(n1)CCN(C(C)=O)C2. The predicted molar refractivity (Wildman–Crippen MR) is 112 cm³/mol. The van der Waals surface area contributed by atoms with Crippen molar-refractivity contribution in [3.63, 3.8) is 0 Å². The molecule has 0 unspecified atom stereocenters. The van der Waals surface area contributed by atoms with Crippen molar-refractivity contribution in [2.24, 2.45) is 0 Å². The third-order valence-electron chi connectivity index (χ3n) is 6.13. The van der Waals surface area contributed by atoms with E-state index in [0.29, 0.717) is 6.54 Å². The van der Waals surface area contributed by atoms with Crippen LogP contribution in [-0.2, 0) is 24.3 Å². The monoisotopic (exact) mass is 394 g/mol. The number of fused-ring (bicyclic) bond motifs is 1. The number of hydrogen-bond donors (Lipinski definition) is 0. The number of nitrogens with zero attached hydrogens (tertiary/aromatic N) is 4. The zero-order chi connectivity index (χ0) is 20.4. The fraction of sp³-hybridized carbons (Fsp3) is 0.522. The normalized spacial score (nSPS) is 19.7. The van der Waals surface area contributed by atoms with Gasteiger partial charge in [-0.1, -0.05) is 18.6 Å². The number of hydrogen-bond acceptors (Lipinski definition) is 5. The third kappa shape index (κ3) is 4.27. The molecule has 1 saturated heterocycles. The lowest BCUT2D eigenvalue weighted by Gasteiger charge is -2.35. The summed E-state index contributed by atoms with van der Waals surface area (Å²) in [5.41, 5.74) is 4.60. The molecule has 2 aliphatic heterocycles. The highest BCUT2D eigenvalue weighted by Crippen LogP contribution is 2.33. The van der Waals surface area contributed by atoms with Crippen molar-refractivity contribution < 1.29 is 9.53 Å². The minimum Gasteiger partial charge on any atom is -0.496 e. The van der Waals surface area contributed by atoms with E-state index in [2.05, 4.69) is 30.0 Å². The van der Waals surface area contributed by atoms with E-state index in [1.165, 1.54) is 24.0 Å². The number of rotatable bonds is 4. The molecule has 29 heavy (non-hydrogen) atoms. The van der Waals surface area contributed by atoms with E-state index in [9.17, 15) is 4.79 Å². The summed E-state index contributed by atoms with van der Waals surface area (Å²) in [6.45, 7) is 6.96. The first kappa shape index (κ1) is 19.8. The molecule has 0 bridgehead atoms. The smallest absolute Gasteiger partial charge is 0.219 e. The highest BCUT2D eigenvalue weighted by Gasteiger charge is 2.28. The summed E-state index contributed by atoms with van der Waals surface area (Å²) in [6, 6.07) is 6.65. The predicted octanol–water partition coefficient (Wildman–Crippen LogP) is 3.43. The lowest BCUT2D eigenvalue weighted by molar-refractivity contribution is -0.129. The van der Waals surface area contributed by atoms with Crippen LogP contribution in [0.3, 0.4) is 0 Å². The Morgan fingerprint density at radius 1 is 1.28 bits per heavy atom. The molecule has 0 spiro atoms. The van der Waals surface area contributed by atoms with Gasteiger partial charge < -0.3 is 9.64 Å². The first-order valence-electron chi connectivity index (χ1n) is 10.5. The maximum atomic E-state index is 11.7. The van der Waals surface area contributed by atoms with E-state index in [1.807, 2.05) is 11.1 Å². The third-order valence-corrected chi connectivity index (χ3v) is 6.13. The van der Waals surface area contributed by atoms with Crippen LogP contribution in [-0.4, -0.2) is 45.9 Å². The number of methoxy groups -OCH3 is 1. The standard InChI is InChI=1S/C23H30N4O2/c1-16-7-8-18(22(12-16)29-3)14-27-10-5-4-6-21(27)23-24-13-19-15-26(17(2)28)11-9-20(19)25-23/h7-8,12-13,21H,4-6,9-11,14-15H2,1-3H3/t21-/m1/s1. The van der Waals surface area contributed by atoms with Gasteiger partial charge in [0.15, 0.2) is 0 Å². The summed E-state index contributed by atoms with van der Waals surface area (Å²) in [5.74, 6) is 1.99. The van der Waals surface area contributed by atoms with Gasteiger partial charge in [-0.3, -0.25) is 9.69 Å². The molecule has 2 aliphatic rings. The van der Waals surface area contributed by atoms with Crippen LogP contribution in [0.5, 0.6) is 5.75 Å². The molecule has 1 aromatic carbocycles. The van der Waals surface area contributed by atoms with Crippen molar-refractivity contribution >= 4 is 5.91 Å². The van der Waals surface area contributed by atoms with E-state index in [1.54, 1.807) is 14.0 Å². The van der Waals surface area contributed by atoms with E-state index in [4.69, 9.17) is 14.7 Å². The lowest BCUT2D eigenvalue weighted by Crippen LogP contribution is -2.37. The second kappa shape index (κ2) is 8.49. The van der Waals surface area contributed by atoms with Crippen molar-refractivity contribution in [3.8, 4) is 5.75 Å². The highest BCUT2D eigenvalue weighted by atomic mass is 16.5. The molecule has 3 heterocycles. The molecular formula is C23H30N4O2. The van der Waals surface area contributed by atoms with E-state index in [-0.39, 0.29) is 11.9 Å². The van der Waals surface area contributed by atoms with Gasteiger partial charge in [0.1, 0.15) is 11.6 Å². The van der Waals surface area contributed by atoms with Gasteiger partial charge in [-0.25, -0.2) is 9.97 Å². The number of aromatic nitrogens is 2. The first-order chi connectivity index (χ1) is 14.0. The molecule has 0 radical (unpaired) electrons. The molecule has 1 fully saturated rings. The first-order valence-corrected chi connectivity index (χ1v) is 10.5. The highest BCUT2D eigenvalue weighted by molar-refractivity contribution is 5.73. The summed E-state index contributed by atoms with van der Waals surface area (Å²) >= 11 is 0. The number of benzene rings is 1. The Morgan fingerprint density at radius 3 is 2.93 bits per heavy atom. The Kier molecular flexibility index (Phi) is 5.81. The van der Waals surface area contributed by atoms with Gasteiger partial charge in [-0.2, -0.15) is 0 Å². The molecule has 6 nitrogen and oxygen atoms in total. The van der Waals surface area contributed by atoms with Crippen LogP contribution in [0.15, 0.2) is 24.4 Å². The van der Waals surface area contributed by atoms with Crippen molar-refractivity contribution in [2.45, 2.75) is 58.7 Å². The van der Waals surface area contributed by atoms with Crippen molar-refractivity contribution in [1.29, 1.82) is 0 Å². The zero-order valence-corrected chi connectivity index (χ0v) is 17.6. The summed E-state index contributed by atoms with van der Waals surface area (Å²) in [6.07, 6.45) is 6.22. The van der Waals surface area contributed by atoms with Crippen molar-refractivity contribution in [3.05, 3.63) is 52.6 Å². The van der Waals surface area contributed by atoms with Gasteiger partial charge in [0.25, 0.3) is 0 Å². The van der Waals surface area contributed by atoms with Crippen LogP contribution in [0.4, 0.5) is 0 Å². The van der Waals surface area contributed by atoms with Gasteiger partial charge in [0.2, 0.25) is 5.91 Å². The Hall–Kier alpha value is -2.47. The molecule has 1 aromatic heterocycles. The van der Waals surface area contributed by atoms with Crippen molar-refractivity contribution in [2.75, 3.05) is 20.2 Å². The molecule has 0 aliphatic carbocycles. The Labute approximate surface area is 172 Å². The molecule has 154 valence electrons. The average molecular weight is 395 g/mol. The number of piperidine rings is 1. The van der Waals surface area contributed by atoms with Crippen LogP contribution in [0.2, 0.25) is 0 Å². The second-order valence-corrected chi connectivity index (χ2v) is 8.19. The number of aryl methyl sites for hydroxylation is 1. The molecule has 1 atom stereocenters. The lowest BCUT2D eigenvalue weighted by atomic mass is 9.99. The Morgan fingerprint density at radius 2 is 2.14 bits per heavy atom. The van der Waals surface area contributed by atoms with Gasteiger partial charge in [0, 0.05) is 50.3 Å². The average Bonchev–Trinajstić information content (AvgIpc) is 2.74. The fourth-order valence-corrected chi connectivity index (χ4v) is 4.43. The van der Waals surface area contributed by atoms with E-state index in [0.717, 1.165) is 55.3 Å². The number of amides is 1. The van der Waals surface area contributed by atoms with Crippen LogP contribution < -0.4 is 4.74 Å². The van der Waals surface area contributed by atoms with Gasteiger partial charge >= 0.3 is 0 Å². The van der Waals surface area contributed by atoms with Gasteiger partial charge in [-0.15, -0.1) is 0 Å². The summed E-state index contributed by atoms with van der Waals surface area (Å²) in [7, 11) is 1.74. The van der Waals surface area contributed by atoms with E-state index < -0.39 is 0 Å². The van der Waals surface area contributed by atoms with Crippen LogP contribution in [0.25, 0.3) is 0 Å².